The maximum atomic E-state index is 11.8. The number of aromatic nitrogens is 2. The molecule has 6 heteroatoms. The van der Waals surface area contributed by atoms with Crippen LogP contribution in [-0.4, -0.2) is 42.9 Å². The number of methoxy groups -OCH3 is 1. The van der Waals surface area contributed by atoms with Crippen molar-refractivity contribution in [2.45, 2.75) is 32.6 Å². The van der Waals surface area contributed by atoms with Crippen LogP contribution in [0.5, 0.6) is 0 Å². The Morgan fingerprint density at radius 1 is 1.20 bits per heavy atom. The molecule has 1 aromatic rings. The third-order valence-corrected chi connectivity index (χ3v) is 2.76. The van der Waals surface area contributed by atoms with E-state index < -0.39 is 0 Å². The minimum absolute atomic E-state index is 0.175. The van der Waals surface area contributed by atoms with E-state index in [0.717, 1.165) is 38.8 Å². The molecule has 1 heterocycles. The smallest absolute Gasteiger partial charge is 0.271 e. The van der Waals surface area contributed by atoms with Gasteiger partial charge in [-0.25, -0.2) is 0 Å². The first kappa shape index (κ1) is 16.4. The summed E-state index contributed by atoms with van der Waals surface area (Å²) in [6, 6.07) is 3.46. The van der Waals surface area contributed by atoms with Crippen molar-refractivity contribution in [3.8, 4) is 0 Å². The highest BCUT2D eigenvalue weighted by atomic mass is 16.5. The summed E-state index contributed by atoms with van der Waals surface area (Å²) in [4.78, 5) is 11.8. The average Bonchev–Trinajstić information content (AvgIpc) is 2.49. The van der Waals surface area contributed by atoms with Crippen LogP contribution in [0.25, 0.3) is 0 Å². The average molecular weight is 280 g/mol. The molecule has 0 radical (unpaired) electrons. The largest absolute Gasteiger partial charge is 0.385 e. The molecule has 0 bridgehead atoms. The number of nitrogens with one attached hydrogen (secondary N) is 2. The Bertz CT molecular complexity index is 381. The van der Waals surface area contributed by atoms with Gasteiger partial charge in [-0.1, -0.05) is 6.92 Å². The lowest BCUT2D eigenvalue weighted by atomic mass is 10.2. The summed E-state index contributed by atoms with van der Waals surface area (Å²) in [5.74, 6) is 0.522. The van der Waals surface area contributed by atoms with Gasteiger partial charge in [-0.3, -0.25) is 4.79 Å². The van der Waals surface area contributed by atoms with Gasteiger partial charge in [-0.2, -0.15) is 0 Å². The zero-order chi connectivity index (χ0) is 14.6. The second kappa shape index (κ2) is 10.1. The monoisotopic (exact) mass is 280 g/mol. The van der Waals surface area contributed by atoms with Gasteiger partial charge in [0.1, 0.15) is 5.82 Å². The van der Waals surface area contributed by atoms with Crippen LogP contribution in [0.1, 0.15) is 43.1 Å². The number of unbranched alkanes of at least 4 members (excludes halogenated alkanes) is 2. The zero-order valence-corrected chi connectivity index (χ0v) is 12.3. The van der Waals surface area contributed by atoms with Crippen LogP contribution < -0.4 is 10.6 Å². The Labute approximate surface area is 120 Å². The predicted octanol–water partition coefficient (Wildman–Crippen LogP) is 1.84. The van der Waals surface area contributed by atoms with Gasteiger partial charge in [-0.15, -0.1) is 10.2 Å². The summed E-state index contributed by atoms with van der Waals surface area (Å²) in [6.07, 6.45) is 4.02. The quantitative estimate of drug-likeness (QED) is 0.640. The molecule has 0 aliphatic rings. The summed E-state index contributed by atoms with van der Waals surface area (Å²) in [5, 5.41) is 13.8. The minimum atomic E-state index is -0.175. The van der Waals surface area contributed by atoms with Gasteiger partial charge in [-0.05, 0) is 37.8 Å². The lowest BCUT2D eigenvalue weighted by Crippen LogP contribution is -2.25. The van der Waals surface area contributed by atoms with Gasteiger partial charge in [0.15, 0.2) is 5.69 Å². The molecule has 0 aromatic carbocycles. The molecular formula is C14H24N4O2. The number of amides is 1. The second-order valence-corrected chi connectivity index (χ2v) is 4.54. The molecule has 0 atom stereocenters. The summed E-state index contributed by atoms with van der Waals surface area (Å²) in [7, 11) is 1.69. The molecule has 6 nitrogen and oxygen atoms in total. The summed E-state index contributed by atoms with van der Waals surface area (Å²) in [5.41, 5.74) is 0.351. The van der Waals surface area contributed by atoms with E-state index in [-0.39, 0.29) is 5.91 Å². The number of hydrogen-bond acceptors (Lipinski definition) is 5. The molecule has 20 heavy (non-hydrogen) atoms. The molecule has 0 saturated carbocycles. The van der Waals surface area contributed by atoms with E-state index in [1.807, 2.05) is 0 Å². The number of ether oxygens (including phenoxy) is 1. The fourth-order valence-electron chi connectivity index (χ4n) is 1.64. The van der Waals surface area contributed by atoms with Crippen LogP contribution in [-0.2, 0) is 4.74 Å². The predicted molar refractivity (Wildman–Crippen MR) is 78.9 cm³/mol. The number of carbonyl (C=O) groups excluding carboxylic acids is 1. The van der Waals surface area contributed by atoms with Gasteiger partial charge in [0.05, 0.1) is 0 Å². The number of anilines is 1. The molecule has 1 rings (SSSR count). The van der Waals surface area contributed by atoms with Crippen molar-refractivity contribution in [1.82, 2.24) is 15.5 Å². The van der Waals surface area contributed by atoms with Crippen molar-refractivity contribution in [2.24, 2.45) is 0 Å². The van der Waals surface area contributed by atoms with E-state index in [9.17, 15) is 4.79 Å². The lowest BCUT2D eigenvalue weighted by Gasteiger charge is -2.05. The summed E-state index contributed by atoms with van der Waals surface area (Å²) in [6.45, 7) is 4.35. The van der Waals surface area contributed by atoms with E-state index in [1.165, 1.54) is 0 Å². The molecule has 0 aliphatic carbocycles. The topological polar surface area (TPSA) is 76.1 Å². The number of carbonyl (C=O) groups is 1. The van der Waals surface area contributed by atoms with Crippen molar-refractivity contribution >= 4 is 11.7 Å². The van der Waals surface area contributed by atoms with Crippen molar-refractivity contribution in [2.75, 3.05) is 32.1 Å². The van der Waals surface area contributed by atoms with Crippen LogP contribution in [0, 0.1) is 0 Å². The first-order valence-electron chi connectivity index (χ1n) is 7.12. The molecule has 1 amide bonds. The molecular weight excluding hydrogens is 256 g/mol. The van der Waals surface area contributed by atoms with Crippen molar-refractivity contribution < 1.29 is 9.53 Å². The molecule has 0 aliphatic heterocycles. The van der Waals surface area contributed by atoms with Crippen molar-refractivity contribution in [3.05, 3.63) is 17.8 Å². The second-order valence-electron chi connectivity index (χ2n) is 4.54. The Hall–Kier alpha value is -1.69. The van der Waals surface area contributed by atoms with Gasteiger partial charge in [0.25, 0.3) is 5.91 Å². The number of nitrogens with zero attached hydrogens (tertiary/aromatic N) is 2. The fraction of sp³-hybridized carbons (Fsp3) is 0.643. The molecule has 0 fully saturated rings. The normalized spacial score (nSPS) is 10.3. The van der Waals surface area contributed by atoms with Gasteiger partial charge < -0.3 is 15.4 Å². The first-order chi connectivity index (χ1) is 9.77. The SMILES string of the molecule is CCCNc1ccc(C(=O)NCCCCCOC)nn1. The van der Waals surface area contributed by atoms with E-state index in [1.54, 1.807) is 19.2 Å². The molecule has 112 valence electrons. The van der Waals surface area contributed by atoms with Gasteiger partial charge in [0.2, 0.25) is 0 Å². The van der Waals surface area contributed by atoms with Gasteiger partial charge >= 0.3 is 0 Å². The van der Waals surface area contributed by atoms with E-state index in [4.69, 9.17) is 4.74 Å². The third-order valence-electron chi connectivity index (χ3n) is 2.76. The van der Waals surface area contributed by atoms with Crippen LogP contribution in [0.4, 0.5) is 5.82 Å². The lowest BCUT2D eigenvalue weighted by molar-refractivity contribution is 0.0946. The molecule has 0 saturated heterocycles. The van der Waals surface area contributed by atoms with Gasteiger partial charge in [0, 0.05) is 26.8 Å². The summed E-state index contributed by atoms with van der Waals surface area (Å²) < 4.78 is 4.97. The van der Waals surface area contributed by atoms with E-state index in [0.29, 0.717) is 18.1 Å². The van der Waals surface area contributed by atoms with E-state index >= 15 is 0 Å². The van der Waals surface area contributed by atoms with Crippen LogP contribution in [0.3, 0.4) is 0 Å². The highest BCUT2D eigenvalue weighted by Crippen LogP contribution is 2.02. The third kappa shape index (κ3) is 6.47. The molecule has 1 aromatic heterocycles. The Morgan fingerprint density at radius 3 is 2.70 bits per heavy atom. The Kier molecular flexibility index (Phi) is 8.30. The molecule has 2 N–H and O–H groups in total. The number of rotatable bonds is 10. The van der Waals surface area contributed by atoms with Crippen molar-refractivity contribution in [3.63, 3.8) is 0 Å². The first-order valence-corrected chi connectivity index (χ1v) is 7.12. The fourth-order valence-corrected chi connectivity index (χ4v) is 1.64. The van der Waals surface area contributed by atoms with Crippen LogP contribution >= 0.6 is 0 Å². The highest BCUT2D eigenvalue weighted by molar-refractivity contribution is 5.92. The number of hydrogen-bond donors (Lipinski definition) is 2. The summed E-state index contributed by atoms with van der Waals surface area (Å²) >= 11 is 0. The molecule has 0 spiro atoms. The Morgan fingerprint density at radius 2 is 2.05 bits per heavy atom. The van der Waals surface area contributed by atoms with Crippen molar-refractivity contribution in [1.29, 1.82) is 0 Å². The highest BCUT2D eigenvalue weighted by Gasteiger charge is 2.07. The standard InChI is InChI=1S/C14H24N4O2/c1-3-9-15-13-8-7-12(17-18-13)14(19)16-10-5-4-6-11-20-2/h7-8H,3-6,9-11H2,1-2H3,(H,15,18)(H,16,19). The zero-order valence-electron chi connectivity index (χ0n) is 12.3. The minimum Gasteiger partial charge on any atom is -0.385 e. The maximum Gasteiger partial charge on any atom is 0.271 e. The maximum absolute atomic E-state index is 11.8. The molecule has 0 unspecified atom stereocenters. The van der Waals surface area contributed by atoms with Crippen LogP contribution in [0.15, 0.2) is 12.1 Å². The van der Waals surface area contributed by atoms with Crippen LogP contribution in [0.2, 0.25) is 0 Å². The van der Waals surface area contributed by atoms with E-state index in [2.05, 4.69) is 27.8 Å². The Balaban J connectivity index is 2.25.